The first kappa shape index (κ1) is 21.4. The van der Waals surface area contributed by atoms with Gasteiger partial charge >= 0.3 is 0 Å². The standard InChI is InChI=1S/C24H19N7O2/c1-15(32)18-13-28-23(31-22-8-3-5-16(12-25)29-22)11-20(18)30-19-7-4-6-17(24(19)33-2)21-14-26-9-10-27-21/h3-11,13-14H,1-2H3,(H2,28,29,30,31). The number of rotatable bonds is 7. The average Bonchev–Trinajstić information content (AvgIpc) is 2.84. The van der Waals surface area contributed by atoms with Crippen LogP contribution in [-0.2, 0) is 0 Å². The molecule has 0 aliphatic rings. The number of Topliss-reactive ketones (excluding diaryl/α,β-unsaturated/α-hetero) is 1. The van der Waals surface area contributed by atoms with Crippen LogP contribution in [0.1, 0.15) is 23.0 Å². The number of methoxy groups -OCH3 is 1. The minimum atomic E-state index is -0.148. The van der Waals surface area contributed by atoms with Gasteiger partial charge in [0.15, 0.2) is 11.5 Å². The van der Waals surface area contributed by atoms with Gasteiger partial charge in [0.25, 0.3) is 0 Å². The molecule has 0 saturated heterocycles. The van der Waals surface area contributed by atoms with E-state index in [1.807, 2.05) is 24.3 Å². The van der Waals surface area contributed by atoms with Crippen LogP contribution in [0.3, 0.4) is 0 Å². The second-order valence-electron chi connectivity index (χ2n) is 6.92. The maximum Gasteiger partial charge on any atom is 0.163 e. The molecule has 162 valence electrons. The lowest BCUT2D eigenvalue weighted by molar-refractivity contribution is 0.101. The van der Waals surface area contributed by atoms with Crippen LogP contribution in [0.15, 0.2) is 67.3 Å². The van der Waals surface area contributed by atoms with Crippen LogP contribution in [0, 0.1) is 11.3 Å². The van der Waals surface area contributed by atoms with Crippen LogP contribution in [0.2, 0.25) is 0 Å². The van der Waals surface area contributed by atoms with Crippen LogP contribution in [0.25, 0.3) is 11.3 Å². The lowest BCUT2D eigenvalue weighted by Gasteiger charge is -2.17. The van der Waals surface area contributed by atoms with Crippen molar-refractivity contribution in [3.8, 4) is 23.1 Å². The topological polar surface area (TPSA) is 126 Å². The first-order valence-electron chi connectivity index (χ1n) is 9.94. The number of nitriles is 1. The molecule has 9 nitrogen and oxygen atoms in total. The molecule has 0 aliphatic heterocycles. The number of nitrogens with one attached hydrogen (secondary N) is 2. The maximum absolute atomic E-state index is 12.3. The minimum absolute atomic E-state index is 0.148. The Hall–Kier alpha value is -4.84. The number of carbonyl (C=O) groups is 1. The van der Waals surface area contributed by atoms with E-state index in [9.17, 15) is 4.79 Å². The minimum Gasteiger partial charge on any atom is -0.494 e. The van der Waals surface area contributed by atoms with Gasteiger partial charge in [0.1, 0.15) is 23.4 Å². The van der Waals surface area contributed by atoms with Gasteiger partial charge in [-0.3, -0.25) is 14.8 Å². The van der Waals surface area contributed by atoms with Gasteiger partial charge < -0.3 is 15.4 Å². The Morgan fingerprint density at radius 1 is 1.00 bits per heavy atom. The van der Waals surface area contributed by atoms with Crippen molar-refractivity contribution in [3.63, 3.8) is 0 Å². The van der Waals surface area contributed by atoms with E-state index in [0.717, 1.165) is 5.56 Å². The average molecular weight is 437 g/mol. The van der Waals surface area contributed by atoms with E-state index >= 15 is 0 Å². The first-order chi connectivity index (χ1) is 16.1. The zero-order chi connectivity index (χ0) is 23.2. The zero-order valence-electron chi connectivity index (χ0n) is 17.9. The van der Waals surface area contributed by atoms with Crippen LogP contribution in [0.4, 0.5) is 23.0 Å². The fraction of sp³-hybridized carbons (Fsp3) is 0.0833. The molecule has 0 unspecified atom stereocenters. The molecule has 33 heavy (non-hydrogen) atoms. The summed E-state index contributed by atoms with van der Waals surface area (Å²) in [5, 5.41) is 15.4. The smallest absolute Gasteiger partial charge is 0.163 e. The Kier molecular flexibility index (Phi) is 6.18. The summed E-state index contributed by atoms with van der Waals surface area (Å²) >= 11 is 0. The van der Waals surface area contributed by atoms with E-state index in [1.165, 1.54) is 13.1 Å². The highest BCUT2D eigenvalue weighted by Crippen LogP contribution is 2.37. The molecule has 0 amide bonds. The predicted octanol–water partition coefficient (Wildman–Crippen LogP) is 4.50. The van der Waals surface area contributed by atoms with Crippen LogP contribution >= 0.6 is 0 Å². The van der Waals surface area contributed by atoms with Gasteiger partial charge in [0.05, 0.1) is 35.9 Å². The van der Waals surface area contributed by atoms with Crippen molar-refractivity contribution in [2.75, 3.05) is 17.7 Å². The lowest BCUT2D eigenvalue weighted by atomic mass is 10.1. The normalized spacial score (nSPS) is 10.2. The molecule has 0 aliphatic carbocycles. The number of hydrogen-bond donors (Lipinski definition) is 2. The quantitative estimate of drug-likeness (QED) is 0.402. The lowest BCUT2D eigenvalue weighted by Crippen LogP contribution is -2.05. The molecule has 1 aromatic carbocycles. The maximum atomic E-state index is 12.3. The number of para-hydroxylation sites is 1. The Bertz CT molecular complexity index is 1350. The number of anilines is 4. The van der Waals surface area contributed by atoms with E-state index in [2.05, 4.69) is 30.6 Å². The van der Waals surface area contributed by atoms with Crippen molar-refractivity contribution in [1.29, 1.82) is 5.26 Å². The summed E-state index contributed by atoms with van der Waals surface area (Å²) in [6, 6.07) is 14.3. The highest BCUT2D eigenvalue weighted by molar-refractivity contribution is 6.00. The second kappa shape index (κ2) is 9.53. The van der Waals surface area contributed by atoms with Gasteiger partial charge in [0.2, 0.25) is 0 Å². The first-order valence-corrected chi connectivity index (χ1v) is 9.94. The van der Waals surface area contributed by atoms with E-state index < -0.39 is 0 Å². The highest BCUT2D eigenvalue weighted by atomic mass is 16.5. The molecule has 0 bridgehead atoms. The Labute approximate surface area is 190 Å². The third-order valence-electron chi connectivity index (χ3n) is 4.73. The number of hydrogen-bond acceptors (Lipinski definition) is 9. The van der Waals surface area contributed by atoms with Crippen molar-refractivity contribution >= 4 is 28.8 Å². The summed E-state index contributed by atoms with van der Waals surface area (Å²) in [5.74, 6) is 1.33. The molecule has 2 N–H and O–H groups in total. The third kappa shape index (κ3) is 4.75. The highest BCUT2D eigenvalue weighted by Gasteiger charge is 2.16. The Balaban J connectivity index is 1.72. The van der Waals surface area contributed by atoms with Crippen molar-refractivity contribution in [1.82, 2.24) is 19.9 Å². The molecular formula is C24H19N7O2. The second-order valence-corrected chi connectivity index (χ2v) is 6.92. The van der Waals surface area contributed by atoms with E-state index in [4.69, 9.17) is 10.00 Å². The molecule has 0 atom stereocenters. The molecule has 0 saturated carbocycles. The van der Waals surface area contributed by atoms with Crippen LogP contribution in [0.5, 0.6) is 5.75 Å². The summed E-state index contributed by atoms with van der Waals surface area (Å²) in [7, 11) is 1.57. The van der Waals surface area contributed by atoms with Gasteiger partial charge in [-0.1, -0.05) is 12.1 Å². The molecule has 0 radical (unpaired) electrons. The SMILES string of the molecule is COc1c(Nc2cc(Nc3cccc(C#N)n3)ncc2C(C)=O)cccc1-c1cnccn1. The van der Waals surface area contributed by atoms with Crippen molar-refractivity contribution in [2.45, 2.75) is 6.92 Å². The summed E-state index contributed by atoms with van der Waals surface area (Å²) in [5.41, 5.74) is 3.28. The fourth-order valence-corrected chi connectivity index (χ4v) is 3.25. The summed E-state index contributed by atoms with van der Waals surface area (Å²) in [4.78, 5) is 29.2. The number of ether oxygens (including phenoxy) is 1. The van der Waals surface area contributed by atoms with Crippen LogP contribution < -0.4 is 15.4 Å². The largest absolute Gasteiger partial charge is 0.494 e. The number of ketones is 1. The molecule has 4 rings (SSSR count). The molecule has 0 fully saturated rings. The fourth-order valence-electron chi connectivity index (χ4n) is 3.25. The van der Waals surface area contributed by atoms with Crippen molar-refractivity contribution < 1.29 is 9.53 Å². The molecule has 0 spiro atoms. The molecular weight excluding hydrogens is 418 g/mol. The van der Waals surface area contributed by atoms with Gasteiger partial charge in [-0.2, -0.15) is 5.26 Å². The molecule has 3 heterocycles. The van der Waals surface area contributed by atoms with Crippen molar-refractivity contribution in [3.05, 3.63) is 78.5 Å². The monoisotopic (exact) mass is 437 g/mol. The number of carbonyl (C=O) groups excluding carboxylic acids is 1. The van der Waals surface area contributed by atoms with E-state index in [1.54, 1.807) is 50.0 Å². The molecule has 9 heteroatoms. The third-order valence-corrected chi connectivity index (χ3v) is 4.73. The predicted molar refractivity (Wildman–Crippen MR) is 124 cm³/mol. The molecule has 4 aromatic rings. The number of benzene rings is 1. The van der Waals surface area contributed by atoms with E-state index in [-0.39, 0.29) is 11.5 Å². The zero-order valence-corrected chi connectivity index (χ0v) is 17.9. The summed E-state index contributed by atoms with van der Waals surface area (Å²) < 4.78 is 5.67. The van der Waals surface area contributed by atoms with E-state index in [0.29, 0.717) is 40.0 Å². The van der Waals surface area contributed by atoms with Crippen LogP contribution in [-0.4, -0.2) is 32.8 Å². The van der Waals surface area contributed by atoms with Crippen molar-refractivity contribution in [2.24, 2.45) is 0 Å². The van der Waals surface area contributed by atoms with Gasteiger partial charge in [-0.05, 0) is 31.2 Å². The Morgan fingerprint density at radius 2 is 1.85 bits per heavy atom. The number of nitrogens with zero attached hydrogens (tertiary/aromatic N) is 5. The van der Waals surface area contributed by atoms with Gasteiger partial charge in [0, 0.05) is 30.2 Å². The number of aromatic nitrogens is 4. The number of pyridine rings is 2. The van der Waals surface area contributed by atoms with Gasteiger partial charge in [-0.15, -0.1) is 0 Å². The Morgan fingerprint density at radius 3 is 2.58 bits per heavy atom. The summed E-state index contributed by atoms with van der Waals surface area (Å²) in [6.07, 6.45) is 6.35. The summed E-state index contributed by atoms with van der Waals surface area (Å²) in [6.45, 7) is 1.47. The molecule has 3 aromatic heterocycles. The van der Waals surface area contributed by atoms with Gasteiger partial charge in [-0.25, -0.2) is 9.97 Å².